The molecular weight excluding hydrogens is 254 g/mol. The summed E-state index contributed by atoms with van der Waals surface area (Å²) in [5, 5.41) is 3.40. The molecule has 0 saturated heterocycles. The number of pyridine rings is 1. The topological polar surface area (TPSA) is 50.9 Å². The van der Waals surface area contributed by atoms with Crippen LogP contribution in [0.15, 0.2) is 12.3 Å². The van der Waals surface area contributed by atoms with Crippen molar-refractivity contribution in [2.75, 3.05) is 11.9 Å². The fourth-order valence-electron chi connectivity index (χ4n) is 2.87. The van der Waals surface area contributed by atoms with Crippen molar-refractivity contribution in [2.24, 2.45) is 11.7 Å². The zero-order valence-electron chi connectivity index (χ0n) is 11.6. The average molecular weight is 277 g/mol. The molecule has 1 saturated carbocycles. The van der Waals surface area contributed by atoms with Crippen LogP contribution in [-0.4, -0.2) is 16.5 Å². The van der Waals surface area contributed by atoms with Crippen molar-refractivity contribution in [1.82, 2.24) is 4.98 Å². The first-order valence-corrected chi connectivity index (χ1v) is 7.58. The summed E-state index contributed by atoms with van der Waals surface area (Å²) in [5.41, 5.74) is 7.76. The summed E-state index contributed by atoms with van der Waals surface area (Å²) in [6, 6.07) is 1.95. The van der Waals surface area contributed by atoms with E-state index in [1.54, 1.807) is 6.20 Å². The van der Waals surface area contributed by atoms with Gasteiger partial charge in [0.05, 0.1) is 5.56 Å². The molecule has 2 rings (SSSR count). The Morgan fingerprint density at radius 2 is 2.16 bits per heavy atom. The first-order chi connectivity index (χ1) is 9.18. The normalized spacial score (nSPS) is 16.3. The summed E-state index contributed by atoms with van der Waals surface area (Å²) >= 11 is 5.11. The summed E-state index contributed by atoms with van der Waals surface area (Å²) in [6.07, 6.45) is 9.98. The van der Waals surface area contributed by atoms with E-state index < -0.39 is 0 Å². The predicted molar refractivity (Wildman–Crippen MR) is 84.5 cm³/mol. The Morgan fingerprint density at radius 3 is 2.84 bits per heavy atom. The van der Waals surface area contributed by atoms with Gasteiger partial charge in [-0.3, -0.25) is 0 Å². The van der Waals surface area contributed by atoms with Gasteiger partial charge in [-0.25, -0.2) is 4.98 Å². The highest BCUT2D eigenvalue weighted by atomic mass is 32.1. The van der Waals surface area contributed by atoms with Gasteiger partial charge in [0.25, 0.3) is 0 Å². The van der Waals surface area contributed by atoms with Crippen LogP contribution in [0.1, 0.15) is 49.7 Å². The number of aromatic nitrogens is 1. The zero-order valence-corrected chi connectivity index (χ0v) is 12.4. The molecule has 0 radical (unpaired) electrons. The highest BCUT2D eigenvalue weighted by Crippen LogP contribution is 2.26. The molecule has 19 heavy (non-hydrogen) atoms. The summed E-state index contributed by atoms with van der Waals surface area (Å²) in [6.45, 7) is 2.97. The average Bonchev–Trinajstić information content (AvgIpc) is 2.39. The molecule has 0 atom stereocenters. The summed E-state index contributed by atoms with van der Waals surface area (Å²) in [5.74, 6) is 1.71. The Morgan fingerprint density at radius 1 is 1.42 bits per heavy atom. The third-order valence-corrected chi connectivity index (χ3v) is 4.18. The molecule has 0 spiro atoms. The van der Waals surface area contributed by atoms with E-state index >= 15 is 0 Å². The minimum atomic E-state index is 0.422. The van der Waals surface area contributed by atoms with E-state index in [2.05, 4.69) is 10.3 Å². The summed E-state index contributed by atoms with van der Waals surface area (Å²) < 4.78 is 0. The molecule has 1 heterocycles. The molecule has 0 amide bonds. The van der Waals surface area contributed by atoms with Gasteiger partial charge in [0.1, 0.15) is 10.8 Å². The molecule has 104 valence electrons. The molecule has 1 fully saturated rings. The minimum absolute atomic E-state index is 0.422. The van der Waals surface area contributed by atoms with Gasteiger partial charge in [-0.15, -0.1) is 0 Å². The van der Waals surface area contributed by atoms with E-state index in [0.29, 0.717) is 4.99 Å². The zero-order chi connectivity index (χ0) is 13.7. The second kappa shape index (κ2) is 6.85. The number of nitrogens with zero attached hydrogens (tertiary/aromatic N) is 1. The molecule has 0 unspecified atom stereocenters. The standard InChI is InChI=1S/C15H23N3S/c1-11-7-9-17-15(13(11)14(16)19)18-10-8-12-5-3-2-4-6-12/h7,9,12H,2-6,8,10H2,1H3,(H2,16,19)(H,17,18). The van der Waals surface area contributed by atoms with Crippen LogP contribution in [0.25, 0.3) is 0 Å². The lowest BCUT2D eigenvalue weighted by molar-refractivity contribution is 0.345. The molecule has 3 nitrogen and oxygen atoms in total. The number of nitrogens with two attached hydrogens (primary N) is 1. The van der Waals surface area contributed by atoms with Crippen LogP contribution in [0, 0.1) is 12.8 Å². The van der Waals surface area contributed by atoms with Crippen LogP contribution in [0.4, 0.5) is 5.82 Å². The van der Waals surface area contributed by atoms with Crippen molar-refractivity contribution in [3.05, 3.63) is 23.4 Å². The van der Waals surface area contributed by atoms with Crippen LogP contribution in [0.3, 0.4) is 0 Å². The SMILES string of the molecule is Cc1ccnc(NCCC2CCCCC2)c1C(N)=S. The van der Waals surface area contributed by atoms with Crippen molar-refractivity contribution in [3.8, 4) is 0 Å². The highest BCUT2D eigenvalue weighted by molar-refractivity contribution is 7.80. The van der Waals surface area contributed by atoms with Crippen molar-refractivity contribution >= 4 is 23.0 Å². The highest BCUT2D eigenvalue weighted by Gasteiger charge is 2.14. The second-order valence-corrected chi connectivity index (χ2v) is 5.88. The monoisotopic (exact) mass is 277 g/mol. The molecule has 0 aliphatic heterocycles. The maximum Gasteiger partial charge on any atom is 0.136 e. The number of anilines is 1. The predicted octanol–water partition coefficient (Wildman–Crippen LogP) is 3.41. The molecule has 0 aromatic carbocycles. The van der Waals surface area contributed by atoms with Crippen molar-refractivity contribution in [1.29, 1.82) is 0 Å². The third-order valence-electron chi connectivity index (χ3n) is 3.98. The lowest BCUT2D eigenvalue weighted by Crippen LogP contribution is -2.18. The van der Waals surface area contributed by atoms with E-state index in [-0.39, 0.29) is 0 Å². The quantitative estimate of drug-likeness (QED) is 0.810. The first-order valence-electron chi connectivity index (χ1n) is 7.17. The van der Waals surface area contributed by atoms with E-state index in [0.717, 1.165) is 29.4 Å². The van der Waals surface area contributed by atoms with Crippen molar-refractivity contribution < 1.29 is 0 Å². The molecule has 1 aromatic heterocycles. The third kappa shape index (κ3) is 3.90. The number of hydrogen-bond acceptors (Lipinski definition) is 3. The Balaban J connectivity index is 1.92. The molecule has 4 heteroatoms. The second-order valence-electron chi connectivity index (χ2n) is 5.44. The molecule has 1 aliphatic carbocycles. The van der Waals surface area contributed by atoms with Gasteiger partial charge in [0.15, 0.2) is 0 Å². The number of hydrogen-bond donors (Lipinski definition) is 2. The fourth-order valence-corrected chi connectivity index (χ4v) is 3.13. The Kier molecular flexibility index (Phi) is 5.14. The van der Waals surface area contributed by atoms with Crippen molar-refractivity contribution in [2.45, 2.75) is 45.4 Å². The minimum Gasteiger partial charge on any atom is -0.389 e. The molecular formula is C15H23N3S. The van der Waals surface area contributed by atoms with E-state index in [1.807, 2.05) is 13.0 Å². The van der Waals surface area contributed by atoms with Crippen LogP contribution in [-0.2, 0) is 0 Å². The Bertz CT molecular complexity index is 439. The van der Waals surface area contributed by atoms with Gasteiger partial charge in [-0.05, 0) is 30.9 Å². The van der Waals surface area contributed by atoms with E-state index in [4.69, 9.17) is 18.0 Å². The fraction of sp³-hybridized carbons (Fsp3) is 0.600. The van der Waals surface area contributed by atoms with E-state index in [1.165, 1.54) is 38.5 Å². The van der Waals surface area contributed by atoms with Gasteiger partial charge < -0.3 is 11.1 Å². The van der Waals surface area contributed by atoms with Gasteiger partial charge >= 0.3 is 0 Å². The number of aryl methyl sites for hydroxylation is 1. The lowest BCUT2D eigenvalue weighted by Gasteiger charge is -2.22. The number of nitrogens with one attached hydrogen (secondary N) is 1. The van der Waals surface area contributed by atoms with Gasteiger partial charge in [0, 0.05) is 12.7 Å². The molecule has 1 aliphatic rings. The van der Waals surface area contributed by atoms with E-state index in [9.17, 15) is 0 Å². The summed E-state index contributed by atoms with van der Waals surface area (Å²) in [7, 11) is 0. The molecule has 0 bridgehead atoms. The van der Waals surface area contributed by atoms with Gasteiger partial charge in [-0.1, -0.05) is 44.3 Å². The van der Waals surface area contributed by atoms with Gasteiger partial charge in [-0.2, -0.15) is 0 Å². The smallest absolute Gasteiger partial charge is 0.136 e. The lowest BCUT2D eigenvalue weighted by atomic mass is 9.87. The summed E-state index contributed by atoms with van der Waals surface area (Å²) in [4.78, 5) is 4.79. The number of rotatable bonds is 5. The van der Waals surface area contributed by atoms with Crippen LogP contribution < -0.4 is 11.1 Å². The first kappa shape index (κ1) is 14.3. The van der Waals surface area contributed by atoms with Crippen LogP contribution in [0.2, 0.25) is 0 Å². The Hall–Kier alpha value is -1.16. The van der Waals surface area contributed by atoms with Gasteiger partial charge in [0.2, 0.25) is 0 Å². The van der Waals surface area contributed by atoms with Crippen molar-refractivity contribution in [3.63, 3.8) is 0 Å². The molecule has 3 N–H and O–H groups in total. The maximum atomic E-state index is 5.78. The van der Waals surface area contributed by atoms with Crippen LogP contribution in [0.5, 0.6) is 0 Å². The number of thiocarbonyl (C=S) groups is 1. The Labute approximate surface area is 121 Å². The molecule has 1 aromatic rings. The maximum absolute atomic E-state index is 5.78. The largest absolute Gasteiger partial charge is 0.389 e. The van der Waals surface area contributed by atoms with Crippen LogP contribution >= 0.6 is 12.2 Å².